The van der Waals surface area contributed by atoms with Crippen molar-refractivity contribution in [3.63, 3.8) is 0 Å². The molecule has 3 aromatic rings. The molecule has 3 rings (SSSR count). The van der Waals surface area contributed by atoms with Gasteiger partial charge in [0.15, 0.2) is 5.69 Å². The molecule has 1 atom stereocenters. The number of hydrogen-bond donors (Lipinski definition) is 1. The van der Waals surface area contributed by atoms with E-state index in [-0.39, 0.29) is 5.69 Å². The van der Waals surface area contributed by atoms with Crippen molar-refractivity contribution in [2.45, 2.75) is 26.1 Å². The molecule has 0 aliphatic heterocycles. The van der Waals surface area contributed by atoms with Gasteiger partial charge in [0, 0.05) is 0 Å². The Kier molecular flexibility index (Phi) is 5.22. The molecule has 28 heavy (non-hydrogen) atoms. The largest absolute Gasteiger partial charge is 0.434 e. The fourth-order valence-corrected chi connectivity index (χ4v) is 2.81. The van der Waals surface area contributed by atoms with Gasteiger partial charge in [0.05, 0.1) is 17.8 Å². The molecule has 0 aliphatic carbocycles. The summed E-state index contributed by atoms with van der Waals surface area (Å²) in [7, 11) is 0. The molecule has 0 spiro atoms. The van der Waals surface area contributed by atoms with Crippen molar-refractivity contribution >= 4 is 5.91 Å². The number of aromatic nitrogens is 2. The lowest BCUT2D eigenvalue weighted by molar-refractivity contribution is -0.143. The minimum Gasteiger partial charge on any atom is -0.345 e. The van der Waals surface area contributed by atoms with Crippen molar-refractivity contribution in [3.8, 4) is 5.69 Å². The van der Waals surface area contributed by atoms with Crippen LogP contribution in [0.2, 0.25) is 0 Å². The highest BCUT2D eigenvalue weighted by Gasteiger charge is 2.41. The maximum atomic E-state index is 14.0. The van der Waals surface area contributed by atoms with Gasteiger partial charge in [-0.3, -0.25) is 4.79 Å². The third-order valence-corrected chi connectivity index (χ3v) is 4.29. The van der Waals surface area contributed by atoms with E-state index in [1.165, 1.54) is 12.1 Å². The lowest BCUT2D eigenvalue weighted by Crippen LogP contribution is -2.29. The van der Waals surface area contributed by atoms with Gasteiger partial charge in [-0.15, -0.1) is 0 Å². The number of carbonyl (C=O) groups is 1. The number of alkyl halides is 3. The molecule has 0 radical (unpaired) electrons. The molecule has 0 saturated carbocycles. The second-order valence-electron chi connectivity index (χ2n) is 6.37. The van der Waals surface area contributed by atoms with Crippen LogP contribution in [0.15, 0.2) is 54.7 Å². The van der Waals surface area contributed by atoms with Crippen molar-refractivity contribution in [2.24, 2.45) is 0 Å². The quantitative estimate of drug-likeness (QED) is 0.648. The summed E-state index contributed by atoms with van der Waals surface area (Å²) >= 11 is 0. The van der Waals surface area contributed by atoms with Gasteiger partial charge in [0.25, 0.3) is 5.91 Å². The maximum Gasteiger partial charge on any atom is 0.434 e. The molecule has 8 heteroatoms. The summed E-state index contributed by atoms with van der Waals surface area (Å²) in [5.41, 5.74) is -0.622. The second-order valence-corrected chi connectivity index (χ2v) is 6.37. The van der Waals surface area contributed by atoms with Gasteiger partial charge in [-0.2, -0.15) is 18.3 Å². The van der Waals surface area contributed by atoms with E-state index in [0.717, 1.165) is 29.5 Å². The second kappa shape index (κ2) is 7.46. The lowest BCUT2D eigenvalue weighted by atomic mass is 10.1. The Morgan fingerprint density at radius 3 is 2.36 bits per heavy atom. The summed E-state index contributed by atoms with van der Waals surface area (Å²) < 4.78 is 55.4. The van der Waals surface area contributed by atoms with Crippen molar-refractivity contribution in [2.75, 3.05) is 0 Å². The van der Waals surface area contributed by atoms with Crippen LogP contribution in [0, 0.1) is 12.7 Å². The third kappa shape index (κ3) is 3.90. The lowest BCUT2D eigenvalue weighted by Gasteiger charge is -2.16. The zero-order valence-electron chi connectivity index (χ0n) is 15.1. The zero-order chi connectivity index (χ0) is 20.5. The average Bonchev–Trinajstić information content (AvgIpc) is 3.08. The van der Waals surface area contributed by atoms with Crippen LogP contribution in [0.4, 0.5) is 17.6 Å². The highest BCUT2D eigenvalue weighted by molar-refractivity contribution is 5.95. The Balaban J connectivity index is 1.96. The van der Waals surface area contributed by atoms with Crippen LogP contribution in [0.25, 0.3) is 5.69 Å². The van der Waals surface area contributed by atoms with Crippen molar-refractivity contribution in [3.05, 3.63) is 82.9 Å². The van der Waals surface area contributed by atoms with Crippen molar-refractivity contribution in [1.82, 2.24) is 15.1 Å². The molecule has 1 amide bonds. The first-order chi connectivity index (χ1) is 13.2. The minimum atomic E-state index is -4.90. The average molecular weight is 391 g/mol. The zero-order valence-corrected chi connectivity index (χ0v) is 15.1. The topological polar surface area (TPSA) is 46.9 Å². The summed E-state index contributed by atoms with van der Waals surface area (Å²) in [6, 6.07) is 11.7. The SMILES string of the molecule is Cc1ccc(C(C)NC(=O)c2cnn(-c3ccccc3F)c2C(F)(F)F)cc1. The summed E-state index contributed by atoms with van der Waals surface area (Å²) in [5.74, 6) is -1.82. The minimum absolute atomic E-state index is 0.388. The Labute approximate surface area is 158 Å². The van der Waals surface area contributed by atoms with Gasteiger partial charge < -0.3 is 5.32 Å². The van der Waals surface area contributed by atoms with Gasteiger partial charge in [0.2, 0.25) is 0 Å². The van der Waals surface area contributed by atoms with E-state index < -0.39 is 35.2 Å². The Morgan fingerprint density at radius 2 is 1.75 bits per heavy atom. The van der Waals surface area contributed by atoms with Crippen LogP contribution < -0.4 is 5.32 Å². The first-order valence-corrected chi connectivity index (χ1v) is 8.46. The van der Waals surface area contributed by atoms with Gasteiger partial charge in [-0.05, 0) is 31.5 Å². The number of nitrogens with zero attached hydrogens (tertiary/aromatic N) is 2. The van der Waals surface area contributed by atoms with Crippen LogP contribution in [-0.2, 0) is 6.18 Å². The maximum absolute atomic E-state index is 14.0. The number of hydrogen-bond acceptors (Lipinski definition) is 2. The number of benzene rings is 2. The van der Waals surface area contributed by atoms with E-state index in [0.29, 0.717) is 4.68 Å². The third-order valence-electron chi connectivity index (χ3n) is 4.29. The molecule has 1 N–H and O–H groups in total. The summed E-state index contributed by atoms with van der Waals surface area (Å²) in [6.07, 6.45) is -4.11. The standard InChI is InChI=1S/C20H17F4N3O/c1-12-7-9-14(10-8-12)13(2)26-19(28)15-11-25-27(18(15)20(22,23)24)17-6-4-3-5-16(17)21/h3-11,13H,1-2H3,(H,26,28). The van der Waals surface area contributed by atoms with Crippen molar-refractivity contribution in [1.29, 1.82) is 0 Å². The van der Waals surface area contributed by atoms with Crippen LogP contribution in [0.1, 0.15) is 40.1 Å². The van der Waals surface area contributed by atoms with E-state index in [1.807, 2.05) is 19.1 Å². The molecule has 0 saturated heterocycles. The van der Waals surface area contributed by atoms with E-state index in [4.69, 9.17) is 0 Å². The fourth-order valence-electron chi connectivity index (χ4n) is 2.81. The number of halogens is 4. The van der Waals surface area contributed by atoms with Gasteiger partial charge in [0.1, 0.15) is 11.5 Å². The Hall–Kier alpha value is -3.16. The summed E-state index contributed by atoms with van der Waals surface area (Å²) in [6.45, 7) is 3.57. The predicted molar refractivity (Wildman–Crippen MR) is 95.6 cm³/mol. The Bertz CT molecular complexity index is 993. The van der Waals surface area contributed by atoms with Gasteiger partial charge >= 0.3 is 6.18 Å². The number of carbonyl (C=O) groups excluding carboxylic acids is 1. The highest BCUT2D eigenvalue weighted by Crippen LogP contribution is 2.34. The number of para-hydroxylation sites is 1. The number of aryl methyl sites for hydroxylation is 1. The van der Waals surface area contributed by atoms with Crippen molar-refractivity contribution < 1.29 is 22.4 Å². The monoisotopic (exact) mass is 391 g/mol. The van der Waals surface area contributed by atoms with Gasteiger partial charge in [-0.25, -0.2) is 9.07 Å². The number of amides is 1. The molecule has 0 fully saturated rings. The van der Waals surface area contributed by atoms with E-state index in [9.17, 15) is 22.4 Å². The van der Waals surface area contributed by atoms with Crippen LogP contribution in [-0.4, -0.2) is 15.7 Å². The molecule has 2 aromatic carbocycles. The molecule has 0 bridgehead atoms. The fraction of sp³-hybridized carbons (Fsp3) is 0.200. The van der Waals surface area contributed by atoms with Crippen LogP contribution >= 0.6 is 0 Å². The van der Waals surface area contributed by atoms with E-state index in [2.05, 4.69) is 10.4 Å². The van der Waals surface area contributed by atoms with Crippen LogP contribution in [0.3, 0.4) is 0 Å². The Morgan fingerprint density at radius 1 is 1.11 bits per heavy atom. The summed E-state index contributed by atoms with van der Waals surface area (Å²) in [5, 5.41) is 6.16. The molecule has 1 heterocycles. The molecule has 4 nitrogen and oxygen atoms in total. The smallest absolute Gasteiger partial charge is 0.345 e. The molecule has 0 aliphatic rings. The molecule has 1 aromatic heterocycles. The van der Waals surface area contributed by atoms with Gasteiger partial charge in [-0.1, -0.05) is 42.0 Å². The molecule has 1 unspecified atom stereocenters. The van der Waals surface area contributed by atoms with Crippen LogP contribution in [0.5, 0.6) is 0 Å². The molecular weight excluding hydrogens is 374 g/mol. The number of nitrogens with one attached hydrogen (secondary N) is 1. The number of rotatable bonds is 4. The van der Waals surface area contributed by atoms with E-state index >= 15 is 0 Å². The first kappa shape index (κ1) is 19.6. The molecular formula is C20H17F4N3O. The normalized spacial score (nSPS) is 12.6. The highest BCUT2D eigenvalue weighted by atomic mass is 19.4. The first-order valence-electron chi connectivity index (χ1n) is 8.46. The molecule has 146 valence electrons. The van der Waals surface area contributed by atoms with E-state index in [1.54, 1.807) is 19.1 Å². The predicted octanol–water partition coefficient (Wildman–Crippen LogP) is 4.83. The summed E-state index contributed by atoms with van der Waals surface area (Å²) in [4.78, 5) is 12.5.